The van der Waals surface area contributed by atoms with Gasteiger partial charge in [-0.05, 0) is 0 Å². The molecule has 1 rings (SSSR count). The zero-order valence-electron chi connectivity index (χ0n) is 4.59. The third-order valence-corrected chi connectivity index (χ3v) is 0.771. The quantitative estimate of drug-likeness (QED) is 0.528. The molecular formula is C5H6CoN3-. The third kappa shape index (κ3) is 2.34. The minimum atomic E-state index is 0. The average molecular weight is 167 g/mol. The van der Waals surface area contributed by atoms with Crippen LogP contribution in [0.4, 0.5) is 5.82 Å². The van der Waals surface area contributed by atoms with E-state index in [0.29, 0.717) is 5.82 Å². The summed E-state index contributed by atoms with van der Waals surface area (Å²) < 4.78 is 0. The molecule has 0 unspecified atom stereocenters. The third-order valence-electron chi connectivity index (χ3n) is 0.771. The minimum Gasteiger partial charge on any atom is -0.399 e. The minimum absolute atomic E-state index is 0. The molecule has 0 atom stereocenters. The molecule has 51 valence electrons. The number of hydrogen-bond acceptors (Lipinski definition) is 3. The van der Waals surface area contributed by atoms with Gasteiger partial charge in [0.2, 0.25) is 0 Å². The van der Waals surface area contributed by atoms with E-state index in [9.17, 15) is 0 Å². The second-order valence-corrected chi connectivity index (χ2v) is 1.45. The van der Waals surface area contributed by atoms with Crippen molar-refractivity contribution in [1.82, 2.24) is 4.98 Å². The van der Waals surface area contributed by atoms with Crippen LogP contribution in [0, 0.1) is 5.41 Å². The van der Waals surface area contributed by atoms with Gasteiger partial charge >= 0.3 is 0 Å². The van der Waals surface area contributed by atoms with Gasteiger partial charge in [0.1, 0.15) is 0 Å². The van der Waals surface area contributed by atoms with E-state index >= 15 is 0 Å². The topological polar surface area (TPSA) is 62.8 Å². The summed E-state index contributed by atoms with van der Waals surface area (Å²) in [6.45, 7) is 0. The molecule has 0 spiro atoms. The Labute approximate surface area is 63.0 Å². The van der Waals surface area contributed by atoms with Gasteiger partial charge in [0.15, 0.2) is 0 Å². The van der Waals surface area contributed by atoms with Crippen LogP contribution in [0.15, 0.2) is 18.2 Å². The Morgan fingerprint density at radius 1 is 1.67 bits per heavy atom. The van der Waals surface area contributed by atoms with E-state index in [0.717, 1.165) is 0 Å². The molecule has 1 heterocycles. The maximum atomic E-state index is 6.94. The molecule has 3 nitrogen and oxygen atoms in total. The first-order chi connectivity index (χ1) is 3.79. The number of pyridine rings is 1. The summed E-state index contributed by atoms with van der Waals surface area (Å²) in [5.74, 6) is 0.400. The number of anilines is 1. The van der Waals surface area contributed by atoms with Crippen molar-refractivity contribution in [2.75, 3.05) is 5.73 Å². The van der Waals surface area contributed by atoms with Crippen LogP contribution in [0.25, 0.3) is 0 Å². The summed E-state index contributed by atoms with van der Waals surface area (Å²) in [4.78, 5) is 3.62. The number of nitrogens with zero attached hydrogens (tertiary/aromatic N) is 1. The van der Waals surface area contributed by atoms with E-state index in [1.165, 1.54) is 0 Å². The van der Waals surface area contributed by atoms with Gasteiger partial charge < -0.3 is 11.1 Å². The van der Waals surface area contributed by atoms with Crippen molar-refractivity contribution in [3.8, 4) is 0 Å². The largest absolute Gasteiger partial charge is 0.399 e. The van der Waals surface area contributed by atoms with Gasteiger partial charge in [-0.15, -0.1) is 0 Å². The maximum absolute atomic E-state index is 6.94. The molecule has 0 aliphatic carbocycles. The molecule has 0 aliphatic rings. The fraction of sp³-hybridized carbons (Fsp3) is 0. The first kappa shape index (κ1) is 8.26. The van der Waals surface area contributed by atoms with Crippen LogP contribution in [0.5, 0.6) is 0 Å². The Balaban J connectivity index is 0.000000640. The predicted octanol–water partition coefficient (Wildman–Crippen LogP) is -0.140. The predicted molar refractivity (Wildman–Crippen MR) is 30.1 cm³/mol. The summed E-state index contributed by atoms with van der Waals surface area (Å²) in [7, 11) is 0. The Bertz CT molecular complexity index is 230. The van der Waals surface area contributed by atoms with Crippen molar-refractivity contribution < 1.29 is 16.8 Å². The fourth-order valence-electron chi connectivity index (χ4n) is 0.451. The summed E-state index contributed by atoms with van der Waals surface area (Å²) in [6.07, 6.45) is 0. The van der Waals surface area contributed by atoms with Crippen LogP contribution in [0.1, 0.15) is 0 Å². The zero-order chi connectivity index (χ0) is 5.98. The second kappa shape index (κ2) is 3.32. The second-order valence-electron chi connectivity index (χ2n) is 1.45. The summed E-state index contributed by atoms with van der Waals surface area (Å²) >= 11 is 0. The average Bonchev–Trinajstić information content (AvgIpc) is 1.64. The van der Waals surface area contributed by atoms with E-state index in [4.69, 9.17) is 11.1 Å². The molecule has 0 saturated carbocycles. The SMILES string of the molecule is N=c1cc[cH-]c(N)n1.[Co]. The van der Waals surface area contributed by atoms with Crippen LogP contribution in [0.2, 0.25) is 0 Å². The van der Waals surface area contributed by atoms with E-state index in [2.05, 4.69) is 4.98 Å². The van der Waals surface area contributed by atoms with Crippen LogP contribution in [0.3, 0.4) is 0 Å². The summed E-state index contributed by atoms with van der Waals surface area (Å²) in [5, 5.41) is 6.94. The van der Waals surface area contributed by atoms with Gasteiger partial charge in [0, 0.05) is 22.6 Å². The first-order valence-corrected chi connectivity index (χ1v) is 2.23. The Morgan fingerprint density at radius 2 is 2.33 bits per heavy atom. The van der Waals surface area contributed by atoms with Crippen molar-refractivity contribution in [2.24, 2.45) is 0 Å². The number of nitrogens with two attached hydrogens (primary N) is 1. The Kier molecular flexibility index (Phi) is 3.04. The molecule has 3 N–H and O–H groups in total. The number of aromatic nitrogens is 1. The van der Waals surface area contributed by atoms with Gasteiger partial charge in [-0.1, -0.05) is 0 Å². The first-order valence-electron chi connectivity index (χ1n) is 2.23. The van der Waals surface area contributed by atoms with Gasteiger partial charge in [-0.25, -0.2) is 6.07 Å². The smallest absolute Gasteiger partial charge is 0.0631 e. The molecule has 0 fully saturated rings. The molecule has 9 heavy (non-hydrogen) atoms. The summed E-state index contributed by atoms with van der Waals surface area (Å²) in [5.41, 5.74) is 5.44. The van der Waals surface area contributed by atoms with Gasteiger partial charge in [-0.2, -0.15) is 12.1 Å². The Hall–Kier alpha value is -0.744. The molecule has 0 saturated heterocycles. The molecule has 1 aromatic rings. The van der Waals surface area contributed by atoms with E-state index in [-0.39, 0.29) is 22.3 Å². The molecule has 0 aliphatic heterocycles. The van der Waals surface area contributed by atoms with Gasteiger partial charge in [0.25, 0.3) is 0 Å². The number of nitrogen functional groups attached to an aromatic ring is 1. The maximum Gasteiger partial charge on any atom is 0.0631 e. The van der Waals surface area contributed by atoms with Gasteiger partial charge in [-0.3, -0.25) is 4.98 Å². The Morgan fingerprint density at radius 3 is 2.67 bits per heavy atom. The molecule has 0 bridgehead atoms. The van der Waals surface area contributed by atoms with E-state index in [1.807, 2.05) is 0 Å². The van der Waals surface area contributed by atoms with Crippen molar-refractivity contribution in [3.05, 3.63) is 23.7 Å². The van der Waals surface area contributed by atoms with E-state index in [1.54, 1.807) is 18.2 Å². The zero-order valence-corrected chi connectivity index (χ0v) is 5.63. The molecule has 1 aromatic heterocycles. The molecule has 1 radical (unpaired) electrons. The van der Waals surface area contributed by atoms with Crippen LogP contribution in [-0.2, 0) is 16.8 Å². The fourth-order valence-corrected chi connectivity index (χ4v) is 0.451. The summed E-state index contributed by atoms with van der Waals surface area (Å²) in [6, 6.07) is 4.93. The van der Waals surface area contributed by atoms with Crippen molar-refractivity contribution in [1.29, 1.82) is 5.41 Å². The van der Waals surface area contributed by atoms with Gasteiger partial charge in [0.05, 0.1) is 5.49 Å². The monoisotopic (exact) mass is 167 g/mol. The van der Waals surface area contributed by atoms with Crippen LogP contribution in [-0.4, -0.2) is 4.98 Å². The normalized spacial score (nSPS) is 8.00. The molecular weight excluding hydrogens is 161 g/mol. The van der Waals surface area contributed by atoms with Crippen molar-refractivity contribution in [3.63, 3.8) is 0 Å². The standard InChI is InChI=1S/C5H6N3.Co/c6-4-2-1-3-5(7)8-4;/h1-3H,(H3,6,7,8);/q-1;. The number of nitrogens with one attached hydrogen (secondary N) is 1. The molecule has 0 amide bonds. The van der Waals surface area contributed by atoms with Crippen LogP contribution < -0.4 is 11.2 Å². The molecule has 0 aromatic carbocycles. The van der Waals surface area contributed by atoms with E-state index < -0.39 is 0 Å². The number of hydrogen-bond donors (Lipinski definition) is 2. The molecule has 4 heteroatoms. The van der Waals surface area contributed by atoms with Crippen molar-refractivity contribution in [2.45, 2.75) is 0 Å². The van der Waals surface area contributed by atoms with Crippen LogP contribution >= 0.6 is 0 Å². The number of rotatable bonds is 0. The van der Waals surface area contributed by atoms with Crippen molar-refractivity contribution >= 4 is 5.82 Å².